The van der Waals surface area contributed by atoms with E-state index in [1.54, 1.807) is 0 Å². The fourth-order valence-electron chi connectivity index (χ4n) is 2.74. The highest BCUT2D eigenvalue weighted by molar-refractivity contribution is 5.46. The summed E-state index contributed by atoms with van der Waals surface area (Å²) >= 11 is 0. The van der Waals surface area contributed by atoms with Gasteiger partial charge in [-0.15, -0.1) is 0 Å². The predicted molar refractivity (Wildman–Crippen MR) is 84.4 cm³/mol. The lowest BCUT2D eigenvalue weighted by atomic mass is 9.91. The molecule has 1 atom stereocenters. The lowest BCUT2D eigenvalue weighted by Crippen LogP contribution is -2.20. The van der Waals surface area contributed by atoms with Crippen molar-refractivity contribution in [3.05, 3.63) is 64.7 Å². The Hall–Kier alpha value is -1.80. The van der Waals surface area contributed by atoms with Gasteiger partial charge in [-0.3, -0.25) is 0 Å². The van der Waals surface area contributed by atoms with Crippen molar-refractivity contribution in [1.82, 2.24) is 5.32 Å². The molecule has 0 aliphatic carbocycles. The van der Waals surface area contributed by atoms with E-state index < -0.39 is 0 Å². The van der Waals surface area contributed by atoms with Crippen molar-refractivity contribution in [3.63, 3.8) is 0 Å². The van der Waals surface area contributed by atoms with Crippen molar-refractivity contribution in [3.8, 4) is 5.75 Å². The summed E-state index contributed by atoms with van der Waals surface area (Å²) in [6.45, 7) is 7.02. The SMILES string of the molecule is CCOc1ccccc1C(NC)c1c(C)cccc1C. The van der Waals surface area contributed by atoms with Gasteiger partial charge >= 0.3 is 0 Å². The van der Waals surface area contributed by atoms with E-state index >= 15 is 0 Å². The average molecular weight is 269 g/mol. The summed E-state index contributed by atoms with van der Waals surface area (Å²) < 4.78 is 5.78. The van der Waals surface area contributed by atoms with Crippen LogP contribution in [0.25, 0.3) is 0 Å². The average Bonchev–Trinajstić information content (AvgIpc) is 2.44. The van der Waals surface area contributed by atoms with Gasteiger partial charge in [0.2, 0.25) is 0 Å². The first-order valence-electron chi connectivity index (χ1n) is 7.14. The summed E-state index contributed by atoms with van der Waals surface area (Å²) in [5.74, 6) is 0.956. The molecule has 2 nitrogen and oxygen atoms in total. The molecule has 2 heteroatoms. The van der Waals surface area contributed by atoms with E-state index in [9.17, 15) is 0 Å². The normalized spacial score (nSPS) is 12.2. The number of ether oxygens (including phenoxy) is 1. The van der Waals surface area contributed by atoms with Gasteiger partial charge in [-0.1, -0.05) is 36.4 Å². The highest BCUT2D eigenvalue weighted by Gasteiger charge is 2.19. The van der Waals surface area contributed by atoms with E-state index in [2.05, 4.69) is 49.5 Å². The minimum atomic E-state index is 0.152. The molecule has 0 bridgehead atoms. The quantitative estimate of drug-likeness (QED) is 0.885. The summed E-state index contributed by atoms with van der Waals surface area (Å²) in [7, 11) is 2.00. The lowest BCUT2D eigenvalue weighted by molar-refractivity contribution is 0.334. The second-order valence-corrected chi connectivity index (χ2v) is 5.00. The van der Waals surface area contributed by atoms with Gasteiger partial charge in [0, 0.05) is 5.56 Å². The van der Waals surface area contributed by atoms with Crippen molar-refractivity contribution in [2.75, 3.05) is 13.7 Å². The van der Waals surface area contributed by atoms with Crippen molar-refractivity contribution < 1.29 is 4.74 Å². The lowest BCUT2D eigenvalue weighted by Gasteiger charge is -2.23. The van der Waals surface area contributed by atoms with Gasteiger partial charge < -0.3 is 10.1 Å². The van der Waals surface area contributed by atoms with Crippen LogP contribution in [0.3, 0.4) is 0 Å². The molecule has 20 heavy (non-hydrogen) atoms. The maximum absolute atomic E-state index is 5.78. The van der Waals surface area contributed by atoms with E-state index in [0.29, 0.717) is 6.61 Å². The van der Waals surface area contributed by atoms with Gasteiger partial charge in [0.05, 0.1) is 12.6 Å². The number of rotatable bonds is 5. The molecule has 0 heterocycles. The van der Waals surface area contributed by atoms with Crippen LogP contribution in [-0.4, -0.2) is 13.7 Å². The molecular formula is C18H23NO. The van der Waals surface area contributed by atoms with Gasteiger partial charge in [-0.05, 0) is 50.6 Å². The molecule has 106 valence electrons. The molecule has 0 aliphatic rings. The molecule has 0 aliphatic heterocycles. The monoisotopic (exact) mass is 269 g/mol. The first-order valence-corrected chi connectivity index (χ1v) is 7.14. The Morgan fingerprint density at radius 3 is 2.25 bits per heavy atom. The number of hydrogen-bond acceptors (Lipinski definition) is 2. The van der Waals surface area contributed by atoms with Gasteiger partial charge in [0.1, 0.15) is 5.75 Å². The zero-order valence-electron chi connectivity index (χ0n) is 12.7. The van der Waals surface area contributed by atoms with Crippen LogP contribution in [0.4, 0.5) is 0 Å². The molecule has 0 aromatic heterocycles. The summed E-state index contributed by atoms with van der Waals surface area (Å²) in [5.41, 5.74) is 5.13. The second kappa shape index (κ2) is 6.58. The molecule has 0 radical (unpaired) electrons. The third-order valence-electron chi connectivity index (χ3n) is 3.65. The molecule has 2 rings (SSSR count). The molecule has 1 N–H and O–H groups in total. The predicted octanol–water partition coefficient (Wildman–Crippen LogP) is 4.01. The number of hydrogen-bond donors (Lipinski definition) is 1. The van der Waals surface area contributed by atoms with E-state index in [1.165, 1.54) is 22.3 Å². The highest BCUT2D eigenvalue weighted by Crippen LogP contribution is 2.33. The maximum atomic E-state index is 5.78. The third kappa shape index (κ3) is 2.86. The standard InChI is InChI=1S/C18H23NO/c1-5-20-16-12-7-6-11-15(16)18(19-4)17-13(2)9-8-10-14(17)3/h6-12,18-19H,5H2,1-4H3. The van der Waals surface area contributed by atoms with Crippen molar-refractivity contribution in [1.29, 1.82) is 0 Å². The number of nitrogens with one attached hydrogen (secondary N) is 1. The van der Waals surface area contributed by atoms with E-state index in [1.807, 2.05) is 26.1 Å². The summed E-state index contributed by atoms with van der Waals surface area (Å²) in [6.07, 6.45) is 0. The van der Waals surface area contributed by atoms with Crippen LogP contribution in [0.15, 0.2) is 42.5 Å². The number of benzene rings is 2. The largest absolute Gasteiger partial charge is 0.494 e. The Kier molecular flexibility index (Phi) is 4.80. The zero-order chi connectivity index (χ0) is 14.5. The van der Waals surface area contributed by atoms with Crippen LogP contribution in [0.2, 0.25) is 0 Å². The molecule has 1 unspecified atom stereocenters. The minimum Gasteiger partial charge on any atom is -0.494 e. The summed E-state index contributed by atoms with van der Waals surface area (Å²) in [6, 6.07) is 14.8. The fraction of sp³-hybridized carbons (Fsp3) is 0.333. The molecule has 0 spiro atoms. The molecule has 0 fully saturated rings. The first kappa shape index (κ1) is 14.6. The fourth-order valence-corrected chi connectivity index (χ4v) is 2.74. The molecule has 0 amide bonds. The smallest absolute Gasteiger partial charge is 0.124 e. The number of aryl methyl sites for hydroxylation is 2. The molecular weight excluding hydrogens is 246 g/mol. The number of para-hydroxylation sites is 1. The highest BCUT2D eigenvalue weighted by atomic mass is 16.5. The zero-order valence-corrected chi connectivity index (χ0v) is 12.7. The summed E-state index contributed by atoms with van der Waals surface area (Å²) in [4.78, 5) is 0. The summed E-state index contributed by atoms with van der Waals surface area (Å²) in [5, 5.41) is 3.44. The van der Waals surface area contributed by atoms with E-state index in [0.717, 1.165) is 5.75 Å². The van der Waals surface area contributed by atoms with Crippen molar-refractivity contribution in [2.45, 2.75) is 26.8 Å². The Labute approximate surface area is 121 Å². The van der Waals surface area contributed by atoms with Crippen LogP contribution < -0.4 is 10.1 Å². The third-order valence-corrected chi connectivity index (χ3v) is 3.65. The van der Waals surface area contributed by atoms with Gasteiger partial charge in [0.15, 0.2) is 0 Å². The van der Waals surface area contributed by atoms with Crippen LogP contribution in [0, 0.1) is 13.8 Å². The second-order valence-electron chi connectivity index (χ2n) is 5.00. The molecule has 0 saturated carbocycles. The maximum Gasteiger partial charge on any atom is 0.124 e. The van der Waals surface area contributed by atoms with Gasteiger partial charge in [0.25, 0.3) is 0 Å². The Bertz CT molecular complexity index is 557. The Balaban J connectivity index is 2.53. The van der Waals surface area contributed by atoms with Crippen LogP contribution >= 0.6 is 0 Å². The van der Waals surface area contributed by atoms with E-state index in [4.69, 9.17) is 4.74 Å². The first-order chi connectivity index (χ1) is 9.69. The van der Waals surface area contributed by atoms with Crippen LogP contribution in [0.1, 0.15) is 35.2 Å². The van der Waals surface area contributed by atoms with E-state index in [-0.39, 0.29) is 6.04 Å². The van der Waals surface area contributed by atoms with Crippen LogP contribution in [0.5, 0.6) is 5.75 Å². The Morgan fingerprint density at radius 1 is 1.00 bits per heavy atom. The Morgan fingerprint density at radius 2 is 1.65 bits per heavy atom. The van der Waals surface area contributed by atoms with Gasteiger partial charge in [-0.25, -0.2) is 0 Å². The topological polar surface area (TPSA) is 21.3 Å². The molecule has 2 aromatic carbocycles. The molecule has 2 aromatic rings. The van der Waals surface area contributed by atoms with Crippen LogP contribution in [-0.2, 0) is 0 Å². The van der Waals surface area contributed by atoms with Crippen molar-refractivity contribution in [2.24, 2.45) is 0 Å². The molecule has 0 saturated heterocycles. The van der Waals surface area contributed by atoms with Gasteiger partial charge in [-0.2, -0.15) is 0 Å². The minimum absolute atomic E-state index is 0.152. The van der Waals surface area contributed by atoms with Crippen molar-refractivity contribution >= 4 is 0 Å².